The van der Waals surface area contributed by atoms with Gasteiger partial charge in [0.05, 0.1) is 6.61 Å². The molecular weight excluding hydrogens is 351 g/mol. The molecule has 1 saturated heterocycles. The average Bonchev–Trinajstić information content (AvgIpc) is 2.73. The minimum Gasteiger partial charge on any atom is -0.455 e. The highest BCUT2D eigenvalue weighted by molar-refractivity contribution is 7.46. The fraction of sp³-hybridized carbons (Fsp3) is 0.545. The molecule has 4 atom stereocenters. The van der Waals surface area contributed by atoms with Crippen molar-refractivity contribution in [2.45, 2.75) is 31.5 Å². The van der Waals surface area contributed by atoms with Crippen molar-refractivity contribution < 1.29 is 38.3 Å². The quantitative estimate of drug-likeness (QED) is 0.331. The Balaban J connectivity index is 2.30. The van der Waals surface area contributed by atoms with Crippen LogP contribution in [0.5, 0.6) is 0 Å². The van der Waals surface area contributed by atoms with Gasteiger partial charge >= 0.3 is 19.5 Å². The Morgan fingerprint density at radius 3 is 2.67 bits per heavy atom. The molecule has 1 aromatic rings. The number of aromatic amines is 1. The summed E-state index contributed by atoms with van der Waals surface area (Å²) in [7, 11) is -4.81. The van der Waals surface area contributed by atoms with E-state index in [0.29, 0.717) is 0 Å². The molecule has 134 valence electrons. The molecule has 1 aromatic heterocycles. The van der Waals surface area contributed by atoms with Gasteiger partial charge < -0.3 is 24.4 Å². The number of H-pyrrole nitrogens is 1. The molecule has 1 unspecified atom stereocenters. The number of aliphatic hydroxyl groups is 1. The third kappa shape index (κ3) is 4.38. The number of nitrogens with zero attached hydrogens (tertiary/aromatic N) is 1. The van der Waals surface area contributed by atoms with E-state index in [-0.39, 0.29) is 0 Å². The van der Waals surface area contributed by atoms with Crippen molar-refractivity contribution in [2.75, 3.05) is 6.61 Å². The Morgan fingerprint density at radius 1 is 1.46 bits per heavy atom. The Kier molecular flexibility index (Phi) is 5.38. The molecule has 0 aromatic carbocycles. The fourth-order valence-electron chi connectivity index (χ4n) is 2.20. The summed E-state index contributed by atoms with van der Waals surface area (Å²) in [5.41, 5.74) is -1.55. The van der Waals surface area contributed by atoms with Crippen molar-refractivity contribution in [3.8, 4) is 0 Å². The lowest BCUT2D eigenvalue weighted by molar-refractivity contribution is -0.156. The summed E-state index contributed by atoms with van der Waals surface area (Å²) in [5.74, 6) is -0.776. The smallest absolute Gasteiger partial charge is 0.455 e. The van der Waals surface area contributed by atoms with E-state index in [2.05, 4.69) is 4.52 Å². The monoisotopic (exact) mass is 366 g/mol. The highest BCUT2D eigenvalue weighted by atomic mass is 31.2. The molecule has 1 aliphatic heterocycles. The van der Waals surface area contributed by atoms with Gasteiger partial charge in [0.25, 0.3) is 5.56 Å². The standard InChI is InChI=1S/C11H15N2O10P/c1-5(14)22-9-8(16)6(4-21-24(18,19)20)23-10(9)13-3-2-7(15)12-11(13)17/h2-3,6,8-10,16H,4H2,1H3,(H,12,15,17)(H2,18,19,20)/t6-,8?,9+,10-/m1/s1. The van der Waals surface area contributed by atoms with Crippen LogP contribution < -0.4 is 11.2 Å². The molecule has 0 aliphatic carbocycles. The average molecular weight is 366 g/mol. The zero-order valence-corrected chi connectivity index (χ0v) is 13.2. The number of aromatic nitrogens is 2. The third-order valence-corrected chi connectivity index (χ3v) is 3.63. The van der Waals surface area contributed by atoms with E-state index in [4.69, 9.17) is 19.3 Å². The first-order valence-corrected chi connectivity index (χ1v) is 8.14. The van der Waals surface area contributed by atoms with E-state index in [0.717, 1.165) is 23.8 Å². The van der Waals surface area contributed by atoms with Crippen LogP contribution in [0.25, 0.3) is 0 Å². The van der Waals surface area contributed by atoms with Crippen LogP contribution in [-0.4, -0.2) is 55.3 Å². The zero-order valence-electron chi connectivity index (χ0n) is 12.3. The van der Waals surface area contributed by atoms with Crippen molar-refractivity contribution in [3.63, 3.8) is 0 Å². The van der Waals surface area contributed by atoms with E-state index in [1.54, 1.807) is 0 Å². The molecule has 2 rings (SSSR count). The minimum atomic E-state index is -4.81. The number of hydrogen-bond donors (Lipinski definition) is 4. The number of carbonyl (C=O) groups is 1. The predicted molar refractivity (Wildman–Crippen MR) is 74.8 cm³/mol. The number of hydrogen-bond acceptors (Lipinski definition) is 8. The molecule has 1 aliphatic rings. The van der Waals surface area contributed by atoms with Crippen LogP contribution in [0.3, 0.4) is 0 Å². The maximum Gasteiger partial charge on any atom is 0.469 e. The Morgan fingerprint density at radius 2 is 2.12 bits per heavy atom. The molecule has 0 bridgehead atoms. The van der Waals surface area contributed by atoms with Crippen LogP contribution in [0.15, 0.2) is 21.9 Å². The van der Waals surface area contributed by atoms with Gasteiger partial charge in [-0.2, -0.15) is 0 Å². The van der Waals surface area contributed by atoms with Gasteiger partial charge in [-0.15, -0.1) is 0 Å². The second kappa shape index (κ2) is 6.97. The first-order chi connectivity index (χ1) is 11.1. The van der Waals surface area contributed by atoms with E-state index in [1.165, 1.54) is 0 Å². The van der Waals surface area contributed by atoms with Crippen molar-refractivity contribution in [2.24, 2.45) is 0 Å². The van der Waals surface area contributed by atoms with Gasteiger partial charge in [0, 0.05) is 19.2 Å². The molecule has 0 spiro atoms. The molecule has 24 heavy (non-hydrogen) atoms. The van der Waals surface area contributed by atoms with Crippen molar-refractivity contribution in [1.82, 2.24) is 9.55 Å². The maximum absolute atomic E-state index is 11.8. The summed E-state index contributed by atoms with van der Waals surface area (Å²) in [4.78, 5) is 53.5. The molecule has 13 heteroatoms. The second-order valence-electron chi connectivity index (χ2n) is 4.93. The molecule has 0 amide bonds. The van der Waals surface area contributed by atoms with Crippen LogP contribution >= 0.6 is 7.82 Å². The van der Waals surface area contributed by atoms with Gasteiger partial charge in [-0.25, -0.2) is 9.36 Å². The van der Waals surface area contributed by atoms with Crippen molar-refractivity contribution in [3.05, 3.63) is 33.1 Å². The number of phosphoric acid groups is 1. The summed E-state index contributed by atoms with van der Waals surface area (Å²) in [5, 5.41) is 10.1. The number of carbonyl (C=O) groups excluding carboxylic acids is 1. The summed E-state index contributed by atoms with van der Waals surface area (Å²) in [6, 6.07) is 1.02. The van der Waals surface area contributed by atoms with E-state index in [1.807, 2.05) is 4.98 Å². The van der Waals surface area contributed by atoms with Crippen molar-refractivity contribution in [1.29, 1.82) is 0 Å². The van der Waals surface area contributed by atoms with Gasteiger partial charge in [0.2, 0.25) is 0 Å². The SMILES string of the molecule is CC(=O)O[C@H]1C(O)[C@@H](COP(=O)(O)O)O[C@H]1n1ccc(=O)[nH]c1=O. The Hall–Kier alpha value is -1.82. The minimum absolute atomic E-state index is 0.666. The second-order valence-corrected chi connectivity index (χ2v) is 6.17. The molecular formula is C11H15N2O10P. The number of nitrogens with one attached hydrogen (secondary N) is 1. The van der Waals surface area contributed by atoms with Gasteiger partial charge in [-0.1, -0.05) is 0 Å². The number of ether oxygens (including phenoxy) is 2. The number of esters is 1. The summed E-state index contributed by atoms with van der Waals surface area (Å²) >= 11 is 0. The predicted octanol–water partition coefficient (Wildman–Crippen LogP) is -2.16. The molecule has 2 heterocycles. The van der Waals surface area contributed by atoms with Gasteiger partial charge in [-0.05, 0) is 0 Å². The summed E-state index contributed by atoms with van der Waals surface area (Å²) in [6.45, 7) is 0.358. The first kappa shape index (κ1) is 18.5. The van der Waals surface area contributed by atoms with E-state index in [9.17, 15) is 24.1 Å². The molecule has 12 nitrogen and oxygen atoms in total. The largest absolute Gasteiger partial charge is 0.469 e. The number of aliphatic hydroxyl groups excluding tert-OH is 1. The van der Waals surface area contributed by atoms with Crippen LogP contribution in [0.4, 0.5) is 0 Å². The number of rotatable bonds is 5. The van der Waals surface area contributed by atoms with Gasteiger partial charge in [0.15, 0.2) is 12.3 Å². The lowest BCUT2D eigenvalue weighted by atomic mass is 10.1. The highest BCUT2D eigenvalue weighted by Gasteiger charge is 2.48. The molecule has 0 saturated carbocycles. The molecule has 4 N–H and O–H groups in total. The number of phosphoric ester groups is 1. The molecule has 1 fully saturated rings. The Bertz CT molecular complexity index is 767. The Labute approximate surface area is 133 Å². The van der Waals surface area contributed by atoms with Crippen LogP contribution in [0.2, 0.25) is 0 Å². The highest BCUT2D eigenvalue weighted by Crippen LogP contribution is 2.38. The molecule has 0 radical (unpaired) electrons. The van der Waals surface area contributed by atoms with Crippen LogP contribution in [0, 0.1) is 0 Å². The van der Waals surface area contributed by atoms with Crippen molar-refractivity contribution >= 4 is 13.8 Å². The van der Waals surface area contributed by atoms with E-state index < -0.39 is 56.2 Å². The van der Waals surface area contributed by atoms with Crippen LogP contribution in [0.1, 0.15) is 13.2 Å². The fourth-order valence-corrected chi connectivity index (χ4v) is 2.54. The lowest BCUT2D eigenvalue weighted by Crippen LogP contribution is -2.40. The first-order valence-electron chi connectivity index (χ1n) is 6.61. The normalized spacial score (nSPS) is 27.2. The maximum atomic E-state index is 11.8. The van der Waals surface area contributed by atoms with Crippen LogP contribution in [-0.2, 0) is 23.4 Å². The van der Waals surface area contributed by atoms with E-state index >= 15 is 0 Å². The summed E-state index contributed by atoms with van der Waals surface area (Å²) < 4.78 is 26.1. The summed E-state index contributed by atoms with van der Waals surface area (Å²) in [6.07, 6.45) is -4.41. The lowest BCUT2D eigenvalue weighted by Gasteiger charge is -2.21. The van der Waals surface area contributed by atoms with Gasteiger partial charge in [-0.3, -0.25) is 23.7 Å². The zero-order chi connectivity index (χ0) is 18.1. The topological polar surface area (TPSA) is 177 Å². The third-order valence-electron chi connectivity index (χ3n) is 3.15. The van der Waals surface area contributed by atoms with Gasteiger partial charge in [0.1, 0.15) is 12.2 Å².